The maximum absolute atomic E-state index is 11.6. The normalized spacial score (nSPS) is 12.3. The van der Waals surface area contributed by atoms with Gasteiger partial charge in [0.05, 0.1) is 4.83 Å². The van der Waals surface area contributed by atoms with Crippen LogP contribution in [-0.4, -0.2) is 22.7 Å². The lowest BCUT2D eigenvalue weighted by Gasteiger charge is -2.19. The molecule has 2 nitrogen and oxygen atoms in total. The van der Waals surface area contributed by atoms with E-state index in [-0.39, 0.29) is 10.7 Å². The standard InChI is InChI=1S/C12H16BrNO/c1-9-6-4-5-7-11(9)8-14(3)12(15)10(2)13/h4-7,10H,8H2,1-3H3. The summed E-state index contributed by atoms with van der Waals surface area (Å²) in [6.45, 7) is 4.57. The van der Waals surface area contributed by atoms with Gasteiger partial charge < -0.3 is 4.90 Å². The van der Waals surface area contributed by atoms with E-state index in [1.165, 1.54) is 11.1 Å². The average molecular weight is 270 g/mol. The molecule has 1 aromatic rings. The van der Waals surface area contributed by atoms with E-state index in [9.17, 15) is 4.79 Å². The van der Waals surface area contributed by atoms with E-state index in [1.807, 2.05) is 26.1 Å². The molecule has 0 aliphatic carbocycles. The zero-order valence-corrected chi connectivity index (χ0v) is 10.9. The molecule has 0 aliphatic rings. The summed E-state index contributed by atoms with van der Waals surface area (Å²) in [7, 11) is 1.83. The van der Waals surface area contributed by atoms with Crippen molar-refractivity contribution in [3.8, 4) is 0 Å². The summed E-state index contributed by atoms with van der Waals surface area (Å²) in [4.78, 5) is 13.3. The number of hydrogen-bond acceptors (Lipinski definition) is 1. The minimum absolute atomic E-state index is 0.109. The van der Waals surface area contributed by atoms with Crippen LogP contribution >= 0.6 is 15.9 Å². The van der Waals surface area contributed by atoms with Crippen LogP contribution in [0.25, 0.3) is 0 Å². The molecular formula is C12H16BrNO. The van der Waals surface area contributed by atoms with E-state index in [4.69, 9.17) is 0 Å². The van der Waals surface area contributed by atoms with Gasteiger partial charge in [0.2, 0.25) is 5.91 Å². The number of carbonyl (C=O) groups excluding carboxylic acids is 1. The highest BCUT2D eigenvalue weighted by Gasteiger charge is 2.14. The van der Waals surface area contributed by atoms with Gasteiger partial charge in [0.1, 0.15) is 0 Å². The maximum Gasteiger partial charge on any atom is 0.236 e. The first-order valence-electron chi connectivity index (χ1n) is 4.96. The first-order valence-corrected chi connectivity index (χ1v) is 5.87. The highest BCUT2D eigenvalue weighted by atomic mass is 79.9. The van der Waals surface area contributed by atoms with E-state index >= 15 is 0 Å². The fourth-order valence-electron chi connectivity index (χ4n) is 1.42. The summed E-state index contributed by atoms with van der Waals surface area (Å²) < 4.78 is 0. The number of alkyl halides is 1. The zero-order valence-electron chi connectivity index (χ0n) is 9.33. The quantitative estimate of drug-likeness (QED) is 0.773. The van der Waals surface area contributed by atoms with E-state index in [0.717, 1.165) is 0 Å². The van der Waals surface area contributed by atoms with Crippen LogP contribution in [-0.2, 0) is 11.3 Å². The van der Waals surface area contributed by atoms with Crippen LogP contribution in [0.2, 0.25) is 0 Å². The molecule has 0 bridgehead atoms. The van der Waals surface area contributed by atoms with Crippen LogP contribution in [0.5, 0.6) is 0 Å². The molecule has 0 spiro atoms. The number of hydrogen-bond donors (Lipinski definition) is 0. The first-order chi connectivity index (χ1) is 7.02. The summed E-state index contributed by atoms with van der Waals surface area (Å²) >= 11 is 3.28. The van der Waals surface area contributed by atoms with Gasteiger partial charge in [0, 0.05) is 13.6 Å². The maximum atomic E-state index is 11.6. The summed E-state index contributed by atoms with van der Waals surface area (Å²) in [6.07, 6.45) is 0. The summed E-state index contributed by atoms with van der Waals surface area (Å²) in [5.74, 6) is 0.109. The van der Waals surface area contributed by atoms with Gasteiger partial charge >= 0.3 is 0 Å². The second kappa shape index (κ2) is 5.31. The van der Waals surface area contributed by atoms with Crippen LogP contribution in [0.3, 0.4) is 0 Å². The van der Waals surface area contributed by atoms with E-state index in [1.54, 1.807) is 4.90 Å². The van der Waals surface area contributed by atoms with E-state index in [0.29, 0.717) is 6.54 Å². The van der Waals surface area contributed by atoms with Gasteiger partial charge in [-0.15, -0.1) is 0 Å². The minimum Gasteiger partial charge on any atom is -0.340 e. The smallest absolute Gasteiger partial charge is 0.236 e. The first kappa shape index (κ1) is 12.2. The van der Waals surface area contributed by atoms with Crippen molar-refractivity contribution in [2.45, 2.75) is 25.2 Å². The molecule has 0 aromatic heterocycles. The molecule has 0 saturated carbocycles. The van der Waals surface area contributed by atoms with Gasteiger partial charge in [0.15, 0.2) is 0 Å². The van der Waals surface area contributed by atoms with Gasteiger partial charge in [-0.2, -0.15) is 0 Å². The van der Waals surface area contributed by atoms with Crippen molar-refractivity contribution in [3.05, 3.63) is 35.4 Å². The SMILES string of the molecule is Cc1ccccc1CN(C)C(=O)C(C)Br. The van der Waals surface area contributed by atoms with Crippen LogP contribution in [0, 0.1) is 6.92 Å². The van der Waals surface area contributed by atoms with Crippen LogP contribution in [0.15, 0.2) is 24.3 Å². The fraction of sp³-hybridized carbons (Fsp3) is 0.417. The molecule has 0 aliphatic heterocycles. The van der Waals surface area contributed by atoms with Crippen molar-refractivity contribution >= 4 is 21.8 Å². The number of benzene rings is 1. The molecule has 0 fully saturated rings. The summed E-state index contributed by atoms with van der Waals surface area (Å²) in [5.41, 5.74) is 2.42. The summed E-state index contributed by atoms with van der Waals surface area (Å²) in [6, 6.07) is 8.12. The number of rotatable bonds is 3. The number of carbonyl (C=O) groups is 1. The molecule has 82 valence electrons. The van der Waals surface area contributed by atoms with Crippen molar-refractivity contribution in [2.24, 2.45) is 0 Å². The summed E-state index contributed by atoms with van der Waals surface area (Å²) in [5, 5.41) is 0. The highest BCUT2D eigenvalue weighted by Crippen LogP contribution is 2.11. The average Bonchev–Trinajstić information content (AvgIpc) is 2.20. The predicted octanol–water partition coefficient (Wildman–Crippen LogP) is 2.74. The molecule has 1 aromatic carbocycles. The van der Waals surface area contributed by atoms with Gasteiger partial charge in [-0.25, -0.2) is 0 Å². The highest BCUT2D eigenvalue weighted by molar-refractivity contribution is 9.10. The molecule has 0 saturated heterocycles. The lowest BCUT2D eigenvalue weighted by Crippen LogP contribution is -2.31. The Morgan fingerprint density at radius 3 is 2.60 bits per heavy atom. The number of nitrogens with zero attached hydrogens (tertiary/aromatic N) is 1. The van der Waals surface area contributed by atoms with Gasteiger partial charge in [-0.1, -0.05) is 40.2 Å². The Morgan fingerprint density at radius 1 is 1.47 bits per heavy atom. The molecule has 0 radical (unpaired) electrons. The van der Waals surface area contributed by atoms with Gasteiger partial charge in [0.25, 0.3) is 0 Å². The van der Waals surface area contributed by atoms with E-state index in [2.05, 4.69) is 35.0 Å². The molecule has 3 heteroatoms. The molecule has 0 N–H and O–H groups in total. The second-order valence-electron chi connectivity index (χ2n) is 3.74. The molecule has 0 heterocycles. The molecule has 1 atom stereocenters. The third-order valence-electron chi connectivity index (χ3n) is 2.39. The van der Waals surface area contributed by atoms with Crippen LogP contribution in [0.1, 0.15) is 18.1 Å². The Morgan fingerprint density at radius 2 is 2.07 bits per heavy atom. The predicted molar refractivity (Wildman–Crippen MR) is 66.0 cm³/mol. The van der Waals surface area contributed by atoms with Crippen molar-refractivity contribution in [3.63, 3.8) is 0 Å². The van der Waals surface area contributed by atoms with Crippen molar-refractivity contribution < 1.29 is 4.79 Å². The molecule has 1 amide bonds. The minimum atomic E-state index is -0.119. The number of aryl methyl sites for hydroxylation is 1. The number of amides is 1. The zero-order chi connectivity index (χ0) is 11.4. The lowest BCUT2D eigenvalue weighted by molar-refractivity contribution is -0.129. The van der Waals surface area contributed by atoms with Gasteiger partial charge in [-0.05, 0) is 25.0 Å². The van der Waals surface area contributed by atoms with Crippen LogP contribution in [0.4, 0.5) is 0 Å². The van der Waals surface area contributed by atoms with Gasteiger partial charge in [-0.3, -0.25) is 4.79 Å². The van der Waals surface area contributed by atoms with Crippen LogP contribution < -0.4 is 0 Å². The van der Waals surface area contributed by atoms with E-state index < -0.39 is 0 Å². The monoisotopic (exact) mass is 269 g/mol. The Balaban J connectivity index is 2.71. The molecular weight excluding hydrogens is 254 g/mol. The second-order valence-corrected chi connectivity index (χ2v) is 5.11. The topological polar surface area (TPSA) is 20.3 Å². The van der Waals surface area contributed by atoms with Crippen molar-refractivity contribution in [1.82, 2.24) is 4.90 Å². The largest absolute Gasteiger partial charge is 0.340 e. The number of halogens is 1. The Hall–Kier alpha value is -0.830. The molecule has 1 unspecified atom stereocenters. The third kappa shape index (κ3) is 3.34. The Bertz CT molecular complexity index is 349. The fourth-order valence-corrected chi connectivity index (χ4v) is 1.77. The molecule has 15 heavy (non-hydrogen) atoms. The van der Waals surface area contributed by atoms with Crippen molar-refractivity contribution in [1.29, 1.82) is 0 Å². The molecule has 1 rings (SSSR count). The van der Waals surface area contributed by atoms with Crippen molar-refractivity contribution in [2.75, 3.05) is 7.05 Å². The third-order valence-corrected chi connectivity index (χ3v) is 2.78. The Kier molecular flexibility index (Phi) is 4.33. The lowest BCUT2D eigenvalue weighted by atomic mass is 10.1. The Labute approximate surface area is 99.4 Å².